The number of thiophene rings is 1. The lowest BCUT2D eigenvalue weighted by Gasteiger charge is -2.12. The standard InChI is InChI=1S/C14H17N3O2S2/c1-3-6-15-12(18)9(2)16-13(19)10-8-21-14(17-10)11-5-4-7-20-11/h4-5,7-9H,3,6H2,1-2H3,(H,15,18)(H,16,19)/t9-/m1/s1. The Morgan fingerprint density at radius 1 is 1.38 bits per heavy atom. The molecule has 0 bridgehead atoms. The van der Waals surface area contributed by atoms with E-state index in [1.165, 1.54) is 11.3 Å². The Morgan fingerprint density at radius 3 is 2.86 bits per heavy atom. The Labute approximate surface area is 131 Å². The summed E-state index contributed by atoms with van der Waals surface area (Å²) in [5.41, 5.74) is 0.346. The van der Waals surface area contributed by atoms with Crippen LogP contribution in [0.25, 0.3) is 9.88 Å². The number of hydrogen-bond acceptors (Lipinski definition) is 5. The molecule has 1 atom stereocenters. The van der Waals surface area contributed by atoms with Gasteiger partial charge >= 0.3 is 0 Å². The predicted octanol–water partition coefficient (Wildman–Crippen LogP) is 2.52. The number of carbonyl (C=O) groups is 2. The van der Waals surface area contributed by atoms with Crippen molar-refractivity contribution in [2.24, 2.45) is 0 Å². The van der Waals surface area contributed by atoms with Gasteiger partial charge in [0.25, 0.3) is 5.91 Å². The Hall–Kier alpha value is -1.73. The SMILES string of the molecule is CCCNC(=O)[C@@H](C)NC(=O)c1csc(-c2cccs2)n1. The van der Waals surface area contributed by atoms with Crippen molar-refractivity contribution < 1.29 is 9.59 Å². The van der Waals surface area contributed by atoms with Crippen molar-refractivity contribution in [2.75, 3.05) is 6.54 Å². The fourth-order valence-corrected chi connectivity index (χ4v) is 3.24. The van der Waals surface area contributed by atoms with Crippen molar-refractivity contribution in [1.29, 1.82) is 0 Å². The van der Waals surface area contributed by atoms with Gasteiger partial charge in [-0.3, -0.25) is 9.59 Å². The van der Waals surface area contributed by atoms with Gasteiger partial charge in [0.05, 0.1) is 4.88 Å². The zero-order chi connectivity index (χ0) is 15.2. The maximum absolute atomic E-state index is 12.1. The summed E-state index contributed by atoms with van der Waals surface area (Å²) in [7, 11) is 0. The predicted molar refractivity (Wildman–Crippen MR) is 85.7 cm³/mol. The molecule has 0 radical (unpaired) electrons. The molecule has 7 heteroatoms. The fourth-order valence-electron chi connectivity index (χ4n) is 1.63. The Bertz CT molecular complexity index is 608. The van der Waals surface area contributed by atoms with E-state index in [1.54, 1.807) is 23.6 Å². The van der Waals surface area contributed by atoms with Gasteiger partial charge in [0.1, 0.15) is 16.7 Å². The van der Waals surface area contributed by atoms with Crippen LogP contribution in [0.4, 0.5) is 0 Å². The third-order valence-corrected chi connectivity index (χ3v) is 4.64. The highest BCUT2D eigenvalue weighted by molar-refractivity contribution is 7.20. The van der Waals surface area contributed by atoms with Crippen LogP contribution in [0.1, 0.15) is 30.8 Å². The van der Waals surface area contributed by atoms with Gasteiger partial charge in [0, 0.05) is 11.9 Å². The first kappa shape index (κ1) is 15.7. The zero-order valence-electron chi connectivity index (χ0n) is 11.9. The third kappa shape index (κ3) is 4.12. The first-order valence-corrected chi connectivity index (χ1v) is 8.45. The van der Waals surface area contributed by atoms with Gasteiger partial charge in [-0.2, -0.15) is 0 Å². The Morgan fingerprint density at radius 2 is 2.19 bits per heavy atom. The Balaban J connectivity index is 1.96. The van der Waals surface area contributed by atoms with Crippen molar-refractivity contribution in [1.82, 2.24) is 15.6 Å². The minimum Gasteiger partial charge on any atom is -0.354 e. The van der Waals surface area contributed by atoms with E-state index in [4.69, 9.17) is 0 Å². The molecule has 0 aliphatic heterocycles. The fraction of sp³-hybridized carbons (Fsp3) is 0.357. The largest absolute Gasteiger partial charge is 0.354 e. The molecule has 2 amide bonds. The lowest BCUT2D eigenvalue weighted by molar-refractivity contribution is -0.122. The molecule has 5 nitrogen and oxygen atoms in total. The molecule has 0 saturated heterocycles. The maximum Gasteiger partial charge on any atom is 0.271 e. The molecular weight excluding hydrogens is 306 g/mol. The highest BCUT2D eigenvalue weighted by Crippen LogP contribution is 2.27. The molecule has 0 unspecified atom stereocenters. The van der Waals surface area contributed by atoms with Gasteiger partial charge < -0.3 is 10.6 Å². The average Bonchev–Trinajstić information content (AvgIpc) is 3.14. The van der Waals surface area contributed by atoms with Crippen molar-refractivity contribution in [3.63, 3.8) is 0 Å². The van der Waals surface area contributed by atoms with E-state index >= 15 is 0 Å². The molecule has 0 fully saturated rings. The molecule has 0 aromatic carbocycles. The molecule has 2 heterocycles. The van der Waals surface area contributed by atoms with Crippen LogP contribution >= 0.6 is 22.7 Å². The van der Waals surface area contributed by atoms with E-state index in [2.05, 4.69) is 15.6 Å². The summed E-state index contributed by atoms with van der Waals surface area (Å²) >= 11 is 3.00. The molecule has 2 aromatic rings. The number of amides is 2. The van der Waals surface area contributed by atoms with Crippen LogP contribution in [0.15, 0.2) is 22.9 Å². The first-order chi connectivity index (χ1) is 10.1. The molecule has 21 heavy (non-hydrogen) atoms. The van der Waals surface area contributed by atoms with Crippen molar-refractivity contribution in [3.05, 3.63) is 28.6 Å². The number of nitrogens with zero attached hydrogens (tertiary/aromatic N) is 1. The van der Waals surface area contributed by atoms with Crippen LogP contribution < -0.4 is 10.6 Å². The van der Waals surface area contributed by atoms with Gasteiger partial charge in [0.2, 0.25) is 5.91 Å². The minimum absolute atomic E-state index is 0.182. The highest BCUT2D eigenvalue weighted by Gasteiger charge is 2.18. The summed E-state index contributed by atoms with van der Waals surface area (Å²) in [6, 6.07) is 3.34. The minimum atomic E-state index is -0.573. The summed E-state index contributed by atoms with van der Waals surface area (Å²) < 4.78 is 0. The molecular formula is C14H17N3O2S2. The molecule has 0 spiro atoms. The van der Waals surface area contributed by atoms with Crippen LogP contribution in [-0.4, -0.2) is 29.4 Å². The Kier molecular flexibility index (Phi) is 5.46. The van der Waals surface area contributed by atoms with Crippen LogP contribution in [0.5, 0.6) is 0 Å². The number of aromatic nitrogens is 1. The van der Waals surface area contributed by atoms with Crippen molar-refractivity contribution in [2.45, 2.75) is 26.3 Å². The van der Waals surface area contributed by atoms with Crippen molar-refractivity contribution in [3.8, 4) is 9.88 Å². The maximum atomic E-state index is 12.1. The number of carbonyl (C=O) groups excluding carboxylic acids is 2. The monoisotopic (exact) mass is 323 g/mol. The van der Waals surface area contributed by atoms with E-state index in [9.17, 15) is 9.59 Å². The van der Waals surface area contributed by atoms with Gasteiger partial charge in [-0.1, -0.05) is 13.0 Å². The second-order valence-corrected chi connectivity index (χ2v) is 6.31. The zero-order valence-corrected chi connectivity index (χ0v) is 13.5. The van der Waals surface area contributed by atoms with Crippen LogP contribution in [0.2, 0.25) is 0 Å². The first-order valence-electron chi connectivity index (χ1n) is 6.69. The number of nitrogens with one attached hydrogen (secondary N) is 2. The molecule has 0 aliphatic carbocycles. The van der Waals surface area contributed by atoms with Gasteiger partial charge in [-0.25, -0.2) is 4.98 Å². The number of hydrogen-bond donors (Lipinski definition) is 2. The summed E-state index contributed by atoms with van der Waals surface area (Å²) in [4.78, 5) is 29.1. The van der Waals surface area contributed by atoms with Gasteiger partial charge in [-0.05, 0) is 24.8 Å². The number of rotatable bonds is 6. The number of thiazole rings is 1. The van der Waals surface area contributed by atoms with Gasteiger partial charge in [0.15, 0.2) is 0 Å². The third-order valence-electron chi connectivity index (χ3n) is 2.76. The molecule has 0 saturated carbocycles. The quantitative estimate of drug-likeness (QED) is 0.858. The van der Waals surface area contributed by atoms with Crippen LogP contribution in [0.3, 0.4) is 0 Å². The van der Waals surface area contributed by atoms with Gasteiger partial charge in [-0.15, -0.1) is 22.7 Å². The van der Waals surface area contributed by atoms with Crippen molar-refractivity contribution >= 4 is 34.5 Å². The highest BCUT2D eigenvalue weighted by atomic mass is 32.1. The summed E-state index contributed by atoms with van der Waals surface area (Å²) in [5, 5.41) is 9.90. The summed E-state index contributed by atoms with van der Waals surface area (Å²) in [6.07, 6.45) is 0.864. The lowest BCUT2D eigenvalue weighted by atomic mass is 10.3. The lowest BCUT2D eigenvalue weighted by Crippen LogP contribution is -2.45. The average molecular weight is 323 g/mol. The molecule has 2 aromatic heterocycles. The smallest absolute Gasteiger partial charge is 0.271 e. The van der Waals surface area contributed by atoms with E-state index < -0.39 is 6.04 Å². The molecule has 112 valence electrons. The summed E-state index contributed by atoms with van der Waals surface area (Å²) in [5.74, 6) is -0.507. The van der Waals surface area contributed by atoms with E-state index in [0.29, 0.717) is 12.2 Å². The molecule has 0 aliphatic rings. The second kappa shape index (κ2) is 7.33. The van der Waals surface area contributed by atoms with E-state index in [-0.39, 0.29) is 11.8 Å². The summed E-state index contributed by atoms with van der Waals surface area (Å²) in [6.45, 7) is 4.25. The van der Waals surface area contributed by atoms with Crippen LogP contribution in [0, 0.1) is 0 Å². The van der Waals surface area contributed by atoms with E-state index in [1.807, 2.05) is 24.4 Å². The normalized spacial score (nSPS) is 11.9. The molecule has 2 N–H and O–H groups in total. The molecule has 2 rings (SSSR count). The topological polar surface area (TPSA) is 71.1 Å². The second-order valence-electron chi connectivity index (χ2n) is 4.50. The van der Waals surface area contributed by atoms with E-state index in [0.717, 1.165) is 16.3 Å². The van der Waals surface area contributed by atoms with Crippen LogP contribution in [-0.2, 0) is 4.79 Å².